The number of hydrogen-bond donors (Lipinski definition) is 2. The van der Waals surface area contributed by atoms with E-state index in [1.165, 1.54) is 0 Å². The molecule has 14 heavy (non-hydrogen) atoms. The number of alkyl halides is 1. The molecule has 2 unspecified atom stereocenters. The summed E-state index contributed by atoms with van der Waals surface area (Å²) in [5.74, 6) is -0.512. The third-order valence-corrected chi connectivity index (χ3v) is 2.44. The average Bonchev–Trinajstić information content (AvgIpc) is 2.17. The van der Waals surface area contributed by atoms with Crippen molar-refractivity contribution < 1.29 is 9.18 Å². The van der Waals surface area contributed by atoms with Gasteiger partial charge in [-0.3, -0.25) is 10.1 Å². The number of hydrogen-bond acceptors (Lipinski definition) is 2. The second-order valence-electron chi connectivity index (χ2n) is 3.39. The first-order valence-electron chi connectivity index (χ1n) is 4.45. The molecular formula is C10H11FN2O. The third kappa shape index (κ3) is 1.48. The van der Waals surface area contributed by atoms with Crippen molar-refractivity contribution in [1.29, 1.82) is 0 Å². The predicted molar refractivity (Wildman–Crippen MR) is 50.1 cm³/mol. The number of carbonyl (C=O) groups is 1. The molecule has 1 aromatic carbocycles. The lowest BCUT2D eigenvalue weighted by atomic mass is 9.95. The van der Waals surface area contributed by atoms with Gasteiger partial charge in [0.2, 0.25) is 5.91 Å². The largest absolute Gasteiger partial charge is 0.368 e. The molecule has 74 valence electrons. The molecule has 0 bridgehead atoms. The van der Waals surface area contributed by atoms with Gasteiger partial charge < -0.3 is 5.73 Å². The molecule has 1 aliphatic rings. The van der Waals surface area contributed by atoms with Crippen LogP contribution < -0.4 is 11.1 Å². The third-order valence-electron chi connectivity index (χ3n) is 2.44. The first-order chi connectivity index (χ1) is 6.68. The molecule has 1 aliphatic heterocycles. The van der Waals surface area contributed by atoms with E-state index in [1.807, 2.05) is 12.1 Å². The molecule has 3 N–H and O–H groups in total. The predicted octanol–water partition coefficient (Wildman–Crippen LogP) is 0.654. The molecule has 0 radical (unpaired) electrons. The zero-order chi connectivity index (χ0) is 10.1. The second-order valence-corrected chi connectivity index (χ2v) is 3.39. The fraction of sp³-hybridized carbons (Fsp3) is 0.300. The van der Waals surface area contributed by atoms with Gasteiger partial charge >= 0.3 is 0 Å². The maximum absolute atomic E-state index is 13.5. The standard InChI is InChI=1S/C10H11FN2O/c11-9-7-4-2-1-3-6(7)5-8(13-9)10(12)14/h1-4,8-9,13H,5H2,(H2,12,14). The molecule has 1 amide bonds. The Kier molecular flexibility index (Phi) is 2.21. The minimum atomic E-state index is -1.29. The lowest BCUT2D eigenvalue weighted by Crippen LogP contribution is -2.46. The number of benzene rings is 1. The number of halogens is 1. The molecule has 0 saturated heterocycles. The Morgan fingerprint density at radius 3 is 2.93 bits per heavy atom. The summed E-state index contributed by atoms with van der Waals surface area (Å²) in [5, 5.41) is 2.53. The van der Waals surface area contributed by atoms with Gasteiger partial charge in [-0.05, 0) is 12.0 Å². The van der Waals surface area contributed by atoms with E-state index in [1.54, 1.807) is 12.1 Å². The number of nitrogens with two attached hydrogens (primary N) is 1. The molecule has 0 spiro atoms. The molecular weight excluding hydrogens is 183 g/mol. The minimum Gasteiger partial charge on any atom is -0.368 e. The summed E-state index contributed by atoms with van der Waals surface area (Å²) in [6.45, 7) is 0. The molecule has 2 rings (SSSR count). The Hall–Kier alpha value is -1.42. The van der Waals surface area contributed by atoms with Gasteiger partial charge in [0, 0.05) is 5.56 Å². The van der Waals surface area contributed by atoms with Gasteiger partial charge in [0.05, 0.1) is 6.04 Å². The minimum absolute atomic E-state index is 0.464. The normalized spacial score (nSPS) is 25.5. The Balaban J connectivity index is 2.33. The van der Waals surface area contributed by atoms with Gasteiger partial charge in [-0.2, -0.15) is 0 Å². The fourth-order valence-electron chi connectivity index (χ4n) is 1.70. The van der Waals surface area contributed by atoms with E-state index >= 15 is 0 Å². The summed E-state index contributed by atoms with van der Waals surface area (Å²) >= 11 is 0. The van der Waals surface area contributed by atoms with Crippen molar-refractivity contribution in [2.75, 3.05) is 0 Å². The summed E-state index contributed by atoms with van der Waals surface area (Å²) in [4.78, 5) is 10.9. The van der Waals surface area contributed by atoms with Crippen molar-refractivity contribution in [3.05, 3.63) is 35.4 Å². The molecule has 3 nitrogen and oxygen atoms in total. The zero-order valence-corrected chi connectivity index (χ0v) is 7.53. The van der Waals surface area contributed by atoms with Gasteiger partial charge in [0.15, 0.2) is 6.30 Å². The van der Waals surface area contributed by atoms with Crippen molar-refractivity contribution in [3.8, 4) is 0 Å². The quantitative estimate of drug-likeness (QED) is 0.645. The second kappa shape index (κ2) is 3.38. The zero-order valence-electron chi connectivity index (χ0n) is 7.53. The van der Waals surface area contributed by atoms with E-state index < -0.39 is 18.2 Å². The number of carbonyl (C=O) groups excluding carboxylic acids is 1. The van der Waals surface area contributed by atoms with Crippen LogP contribution in [0.25, 0.3) is 0 Å². The number of nitrogens with one attached hydrogen (secondary N) is 1. The van der Waals surface area contributed by atoms with Crippen LogP contribution in [-0.4, -0.2) is 11.9 Å². The van der Waals surface area contributed by atoms with E-state index in [0.29, 0.717) is 12.0 Å². The molecule has 0 aliphatic carbocycles. The highest BCUT2D eigenvalue weighted by Crippen LogP contribution is 2.25. The van der Waals surface area contributed by atoms with Crippen LogP contribution in [0.15, 0.2) is 24.3 Å². The van der Waals surface area contributed by atoms with Gasteiger partial charge in [-0.15, -0.1) is 0 Å². The number of amides is 1. The summed E-state index contributed by atoms with van der Waals surface area (Å²) in [5.41, 5.74) is 6.57. The van der Waals surface area contributed by atoms with Crippen LogP contribution in [0.5, 0.6) is 0 Å². The Morgan fingerprint density at radius 1 is 1.50 bits per heavy atom. The highest BCUT2D eigenvalue weighted by atomic mass is 19.1. The van der Waals surface area contributed by atoms with Crippen molar-refractivity contribution in [1.82, 2.24) is 5.32 Å². The maximum Gasteiger partial charge on any atom is 0.234 e. The molecule has 1 heterocycles. The summed E-state index contributed by atoms with van der Waals surface area (Å²) in [6.07, 6.45) is -0.830. The molecule has 0 fully saturated rings. The average molecular weight is 194 g/mol. The van der Waals surface area contributed by atoms with Crippen LogP contribution in [-0.2, 0) is 11.2 Å². The van der Waals surface area contributed by atoms with Crippen molar-refractivity contribution in [2.24, 2.45) is 5.73 Å². The molecule has 2 atom stereocenters. The molecule has 4 heteroatoms. The molecule has 0 aromatic heterocycles. The molecule has 1 aromatic rings. The summed E-state index contributed by atoms with van der Waals surface area (Å²) in [6, 6.07) is 6.54. The first-order valence-corrected chi connectivity index (χ1v) is 4.45. The van der Waals surface area contributed by atoms with E-state index in [2.05, 4.69) is 5.32 Å². The number of rotatable bonds is 1. The fourth-order valence-corrected chi connectivity index (χ4v) is 1.70. The lowest BCUT2D eigenvalue weighted by molar-refractivity contribution is -0.120. The first kappa shape index (κ1) is 9.15. The topological polar surface area (TPSA) is 55.1 Å². The van der Waals surface area contributed by atoms with Gasteiger partial charge in [-0.1, -0.05) is 24.3 Å². The van der Waals surface area contributed by atoms with Crippen LogP contribution >= 0.6 is 0 Å². The van der Waals surface area contributed by atoms with E-state index in [9.17, 15) is 9.18 Å². The van der Waals surface area contributed by atoms with Crippen molar-refractivity contribution >= 4 is 5.91 Å². The van der Waals surface area contributed by atoms with E-state index in [0.717, 1.165) is 5.56 Å². The Bertz CT molecular complexity index is 367. The Morgan fingerprint density at radius 2 is 2.21 bits per heavy atom. The van der Waals surface area contributed by atoms with Gasteiger partial charge in [-0.25, -0.2) is 4.39 Å². The van der Waals surface area contributed by atoms with E-state index in [-0.39, 0.29) is 0 Å². The van der Waals surface area contributed by atoms with E-state index in [4.69, 9.17) is 5.73 Å². The number of fused-ring (bicyclic) bond motifs is 1. The lowest BCUT2D eigenvalue weighted by Gasteiger charge is -2.26. The monoisotopic (exact) mass is 194 g/mol. The van der Waals surface area contributed by atoms with Crippen LogP contribution in [0.1, 0.15) is 17.4 Å². The van der Waals surface area contributed by atoms with Crippen LogP contribution in [0.2, 0.25) is 0 Å². The van der Waals surface area contributed by atoms with Crippen LogP contribution in [0.3, 0.4) is 0 Å². The highest BCUT2D eigenvalue weighted by Gasteiger charge is 2.28. The maximum atomic E-state index is 13.5. The van der Waals surface area contributed by atoms with Crippen LogP contribution in [0, 0.1) is 0 Å². The smallest absolute Gasteiger partial charge is 0.234 e. The summed E-state index contributed by atoms with van der Waals surface area (Å²) in [7, 11) is 0. The molecule has 0 saturated carbocycles. The van der Waals surface area contributed by atoms with Crippen LogP contribution in [0.4, 0.5) is 4.39 Å². The van der Waals surface area contributed by atoms with Crippen molar-refractivity contribution in [2.45, 2.75) is 18.8 Å². The highest BCUT2D eigenvalue weighted by molar-refractivity contribution is 5.80. The Labute approximate surface area is 81.1 Å². The SMILES string of the molecule is NC(=O)C1Cc2ccccc2C(F)N1. The summed E-state index contributed by atoms with van der Waals surface area (Å²) < 4.78 is 13.5. The number of primary amides is 1. The van der Waals surface area contributed by atoms with Gasteiger partial charge in [0.1, 0.15) is 0 Å². The van der Waals surface area contributed by atoms with Crippen molar-refractivity contribution in [3.63, 3.8) is 0 Å². The van der Waals surface area contributed by atoms with Gasteiger partial charge in [0.25, 0.3) is 0 Å².